The number of aromatic nitrogens is 2. The first-order valence-corrected chi connectivity index (χ1v) is 4.94. The molecule has 0 aromatic carbocycles. The highest BCUT2D eigenvalue weighted by Gasteiger charge is 2.05. The maximum Gasteiger partial charge on any atom is 0.148 e. The Morgan fingerprint density at radius 3 is 2.88 bits per heavy atom. The molecule has 17 heavy (non-hydrogen) atoms. The first-order chi connectivity index (χ1) is 8.19. The van der Waals surface area contributed by atoms with Crippen LogP contribution in [0.1, 0.15) is 11.3 Å². The Balaban J connectivity index is 2.36. The van der Waals surface area contributed by atoms with Crippen molar-refractivity contribution < 1.29 is 4.39 Å². The minimum Gasteiger partial charge on any atom is -0.338 e. The van der Waals surface area contributed by atoms with Crippen LogP contribution < -0.4 is 5.32 Å². The molecular weight excluding hydrogens is 219 g/mol. The third-order valence-electron chi connectivity index (χ3n) is 2.12. The second kappa shape index (κ2) is 4.58. The molecule has 0 amide bonds. The van der Waals surface area contributed by atoms with Crippen molar-refractivity contribution in [3.05, 3.63) is 47.7 Å². The average Bonchev–Trinajstić information content (AvgIpc) is 2.29. The third kappa shape index (κ3) is 2.55. The number of rotatable bonds is 2. The van der Waals surface area contributed by atoms with Gasteiger partial charge in [-0.15, -0.1) is 0 Å². The summed E-state index contributed by atoms with van der Waals surface area (Å²) < 4.78 is 12.9. The zero-order valence-electron chi connectivity index (χ0n) is 9.11. The van der Waals surface area contributed by atoms with E-state index in [1.807, 2.05) is 13.0 Å². The van der Waals surface area contributed by atoms with Crippen LogP contribution in [0.15, 0.2) is 30.6 Å². The standard InChI is InChI=1S/C12H9FN4/c1-8-2-3-9(5-14)12(16-8)17-11-4-10(13)6-15-7-11/h2-4,6-7H,1H3,(H,16,17). The fourth-order valence-corrected chi connectivity index (χ4v) is 1.36. The molecule has 0 radical (unpaired) electrons. The van der Waals surface area contributed by atoms with Crippen LogP contribution in [0.4, 0.5) is 15.9 Å². The number of nitriles is 1. The molecular formula is C12H9FN4. The van der Waals surface area contributed by atoms with Crippen molar-refractivity contribution in [3.63, 3.8) is 0 Å². The molecule has 0 saturated carbocycles. The smallest absolute Gasteiger partial charge is 0.148 e. The van der Waals surface area contributed by atoms with Gasteiger partial charge in [0.1, 0.15) is 17.7 Å². The number of pyridine rings is 2. The number of nitrogens with zero attached hydrogens (tertiary/aromatic N) is 3. The molecule has 0 atom stereocenters. The van der Waals surface area contributed by atoms with Crippen molar-refractivity contribution in [2.75, 3.05) is 5.32 Å². The molecule has 2 heterocycles. The first-order valence-electron chi connectivity index (χ1n) is 4.94. The van der Waals surface area contributed by atoms with Gasteiger partial charge < -0.3 is 5.32 Å². The van der Waals surface area contributed by atoms with Gasteiger partial charge in [0, 0.05) is 11.8 Å². The van der Waals surface area contributed by atoms with Crippen molar-refractivity contribution in [1.29, 1.82) is 5.26 Å². The van der Waals surface area contributed by atoms with Gasteiger partial charge >= 0.3 is 0 Å². The van der Waals surface area contributed by atoms with E-state index in [0.29, 0.717) is 17.1 Å². The maximum absolute atomic E-state index is 12.9. The summed E-state index contributed by atoms with van der Waals surface area (Å²) in [7, 11) is 0. The molecule has 1 N–H and O–H groups in total. The zero-order valence-corrected chi connectivity index (χ0v) is 9.11. The molecule has 5 heteroatoms. The molecule has 0 aliphatic rings. The van der Waals surface area contributed by atoms with Gasteiger partial charge in [0.05, 0.1) is 23.6 Å². The molecule has 0 bridgehead atoms. The Bertz CT molecular complexity index is 589. The summed E-state index contributed by atoms with van der Waals surface area (Å²) in [6.45, 7) is 1.82. The molecule has 0 spiro atoms. The second-order valence-electron chi connectivity index (χ2n) is 3.48. The number of hydrogen-bond donors (Lipinski definition) is 1. The zero-order chi connectivity index (χ0) is 12.3. The van der Waals surface area contributed by atoms with Gasteiger partial charge in [0.25, 0.3) is 0 Å². The van der Waals surface area contributed by atoms with E-state index in [9.17, 15) is 4.39 Å². The van der Waals surface area contributed by atoms with Crippen LogP contribution in [0, 0.1) is 24.1 Å². The summed E-state index contributed by atoms with van der Waals surface area (Å²) in [6, 6.07) is 6.72. The van der Waals surface area contributed by atoms with E-state index in [1.54, 1.807) is 12.1 Å². The number of hydrogen-bond acceptors (Lipinski definition) is 4. The molecule has 0 unspecified atom stereocenters. The Morgan fingerprint density at radius 2 is 2.18 bits per heavy atom. The third-order valence-corrected chi connectivity index (χ3v) is 2.12. The van der Waals surface area contributed by atoms with Gasteiger partial charge in [-0.1, -0.05) is 0 Å². The Kier molecular flexibility index (Phi) is 2.97. The summed E-state index contributed by atoms with van der Waals surface area (Å²) in [4.78, 5) is 7.90. The summed E-state index contributed by atoms with van der Waals surface area (Å²) >= 11 is 0. The summed E-state index contributed by atoms with van der Waals surface area (Å²) in [6.07, 6.45) is 2.58. The predicted octanol–water partition coefficient (Wildman–Crippen LogP) is 2.54. The number of anilines is 2. The van der Waals surface area contributed by atoms with Crippen LogP contribution >= 0.6 is 0 Å². The quantitative estimate of drug-likeness (QED) is 0.857. The fraction of sp³-hybridized carbons (Fsp3) is 0.0833. The minimum absolute atomic E-state index is 0.403. The molecule has 0 aliphatic carbocycles. The van der Waals surface area contributed by atoms with Gasteiger partial charge in [-0.2, -0.15) is 5.26 Å². The lowest BCUT2D eigenvalue weighted by Gasteiger charge is -2.07. The SMILES string of the molecule is Cc1ccc(C#N)c(Nc2cncc(F)c2)n1. The van der Waals surface area contributed by atoms with Gasteiger partial charge in [0.2, 0.25) is 0 Å². The lowest BCUT2D eigenvalue weighted by atomic mass is 10.2. The molecule has 2 rings (SSSR count). The summed E-state index contributed by atoms with van der Waals surface area (Å²) in [5, 5.41) is 11.8. The average molecular weight is 228 g/mol. The lowest BCUT2D eigenvalue weighted by Crippen LogP contribution is -1.99. The van der Waals surface area contributed by atoms with Crippen LogP contribution in [0.3, 0.4) is 0 Å². The van der Waals surface area contributed by atoms with Crippen LogP contribution in [0.2, 0.25) is 0 Å². The Labute approximate surface area is 97.8 Å². The number of aryl methyl sites for hydroxylation is 1. The number of nitrogens with one attached hydrogen (secondary N) is 1. The molecule has 84 valence electrons. The van der Waals surface area contributed by atoms with Gasteiger partial charge in [-0.25, -0.2) is 9.37 Å². The van der Waals surface area contributed by atoms with Crippen LogP contribution in [0.5, 0.6) is 0 Å². The van der Waals surface area contributed by atoms with Crippen LogP contribution in [-0.2, 0) is 0 Å². The van der Waals surface area contributed by atoms with Crippen molar-refractivity contribution in [2.45, 2.75) is 6.92 Å². The Morgan fingerprint density at radius 1 is 1.35 bits per heavy atom. The van der Waals surface area contributed by atoms with Crippen LogP contribution in [-0.4, -0.2) is 9.97 Å². The Hall–Kier alpha value is -2.48. The minimum atomic E-state index is -0.443. The molecule has 4 nitrogen and oxygen atoms in total. The second-order valence-corrected chi connectivity index (χ2v) is 3.48. The van der Waals surface area contributed by atoms with E-state index in [-0.39, 0.29) is 0 Å². The lowest BCUT2D eigenvalue weighted by molar-refractivity contribution is 0.622. The van der Waals surface area contributed by atoms with Crippen molar-refractivity contribution in [2.24, 2.45) is 0 Å². The van der Waals surface area contributed by atoms with E-state index in [1.165, 1.54) is 12.3 Å². The molecule has 2 aromatic heterocycles. The van der Waals surface area contributed by atoms with Gasteiger partial charge in [-0.3, -0.25) is 4.98 Å². The molecule has 0 saturated heterocycles. The van der Waals surface area contributed by atoms with E-state index >= 15 is 0 Å². The monoisotopic (exact) mass is 228 g/mol. The highest BCUT2D eigenvalue weighted by molar-refractivity contribution is 5.62. The number of halogens is 1. The van der Waals surface area contributed by atoms with E-state index in [4.69, 9.17) is 5.26 Å². The molecule has 2 aromatic rings. The normalized spacial score (nSPS) is 9.71. The molecule has 0 aliphatic heterocycles. The summed E-state index contributed by atoms with van der Waals surface area (Å²) in [5.41, 5.74) is 1.63. The van der Waals surface area contributed by atoms with Gasteiger partial charge in [0.15, 0.2) is 0 Å². The highest BCUT2D eigenvalue weighted by atomic mass is 19.1. The van der Waals surface area contributed by atoms with E-state index < -0.39 is 5.82 Å². The van der Waals surface area contributed by atoms with Gasteiger partial charge in [-0.05, 0) is 19.1 Å². The first kappa shape index (κ1) is 11.0. The maximum atomic E-state index is 12.9. The van der Waals surface area contributed by atoms with Crippen molar-refractivity contribution >= 4 is 11.5 Å². The van der Waals surface area contributed by atoms with E-state index in [0.717, 1.165) is 11.9 Å². The fourth-order valence-electron chi connectivity index (χ4n) is 1.36. The highest BCUT2D eigenvalue weighted by Crippen LogP contribution is 2.18. The van der Waals surface area contributed by atoms with Crippen LogP contribution in [0.25, 0.3) is 0 Å². The largest absolute Gasteiger partial charge is 0.338 e. The topological polar surface area (TPSA) is 61.6 Å². The predicted molar refractivity (Wildman–Crippen MR) is 61.2 cm³/mol. The van der Waals surface area contributed by atoms with E-state index in [2.05, 4.69) is 15.3 Å². The molecule has 0 fully saturated rings. The summed E-state index contributed by atoms with van der Waals surface area (Å²) in [5.74, 6) is -0.0407. The van der Waals surface area contributed by atoms with Crippen molar-refractivity contribution in [3.8, 4) is 6.07 Å². The van der Waals surface area contributed by atoms with Crippen molar-refractivity contribution in [1.82, 2.24) is 9.97 Å².